The van der Waals surface area contributed by atoms with Gasteiger partial charge in [0, 0.05) is 23.5 Å². The summed E-state index contributed by atoms with van der Waals surface area (Å²) < 4.78 is 0. The van der Waals surface area contributed by atoms with E-state index in [4.69, 9.17) is 5.73 Å². The molecule has 2 aromatic rings. The van der Waals surface area contributed by atoms with Crippen LogP contribution in [0.25, 0.3) is 0 Å². The van der Waals surface area contributed by atoms with Crippen molar-refractivity contribution in [1.82, 2.24) is 0 Å². The average molecular weight is 282 g/mol. The smallest absolute Gasteiger partial charge is 0.258 e. The van der Waals surface area contributed by atoms with Crippen LogP contribution < -0.4 is 10.6 Å². The van der Waals surface area contributed by atoms with E-state index in [2.05, 4.69) is 13.8 Å². The fourth-order valence-electron chi connectivity index (χ4n) is 2.26. The van der Waals surface area contributed by atoms with Gasteiger partial charge in [-0.15, -0.1) is 0 Å². The SMILES string of the molecule is CCN(C(=O)c1ccc(C(C)C)cc1)c1ccc(N)cc1. The fraction of sp³-hybridized carbons (Fsp3) is 0.278. The summed E-state index contributed by atoms with van der Waals surface area (Å²) in [5.41, 5.74) is 9.20. The van der Waals surface area contributed by atoms with Crippen LogP contribution in [0.2, 0.25) is 0 Å². The molecule has 2 rings (SSSR count). The third kappa shape index (κ3) is 3.43. The molecule has 0 bridgehead atoms. The second-order valence-electron chi connectivity index (χ2n) is 5.42. The molecule has 21 heavy (non-hydrogen) atoms. The standard InChI is InChI=1S/C18H22N2O/c1-4-20(17-11-9-16(19)10-12-17)18(21)15-7-5-14(6-8-15)13(2)3/h5-13H,4,19H2,1-3H3. The first-order chi connectivity index (χ1) is 10.0. The number of nitrogens with two attached hydrogens (primary N) is 1. The molecule has 0 aliphatic carbocycles. The molecule has 0 atom stereocenters. The van der Waals surface area contributed by atoms with Crippen molar-refractivity contribution < 1.29 is 4.79 Å². The Hall–Kier alpha value is -2.29. The molecule has 0 unspecified atom stereocenters. The summed E-state index contributed by atoms with van der Waals surface area (Å²) >= 11 is 0. The third-order valence-electron chi connectivity index (χ3n) is 3.59. The largest absolute Gasteiger partial charge is 0.399 e. The summed E-state index contributed by atoms with van der Waals surface area (Å²) in [6, 6.07) is 15.2. The third-order valence-corrected chi connectivity index (χ3v) is 3.59. The van der Waals surface area contributed by atoms with E-state index in [0.717, 1.165) is 5.69 Å². The van der Waals surface area contributed by atoms with Gasteiger partial charge in [0.15, 0.2) is 0 Å². The molecule has 0 fully saturated rings. The lowest BCUT2D eigenvalue weighted by Gasteiger charge is -2.21. The molecule has 3 heteroatoms. The lowest BCUT2D eigenvalue weighted by Crippen LogP contribution is -2.30. The molecule has 0 aliphatic rings. The molecule has 110 valence electrons. The van der Waals surface area contributed by atoms with E-state index in [1.54, 1.807) is 4.90 Å². The highest BCUT2D eigenvalue weighted by atomic mass is 16.2. The van der Waals surface area contributed by atoms with Gasteiger partial charge in [-0.25, -0.2) is 0 Å². The lowest BCUT2D eigenvalue weighted by molar-refractivity contribution is 0.0988. The number of anilines is 2. The number of carbonyl (C=O) groups excluding carboxylic acids is 1. The van der Waals surface area contributed by atoms with Crippen LogP contribution in [0.4, 0.5) is 11.4 Å². The maximum Gasteiger partial charge on any atom is 0.258 e. The maximum atomic E-state index is 12.6. The Labute approximate surface area is 126 Å². The first-order valence-corrected chi connectivity index (χ1v) is 7.30. The average Bonchev–Trinajstić information content (AvgIpc) is 2.50. The normalized spacial score (nSPS) is 10.7. The first-order valence-electron chi connectivity index (χ1n) is 7.30. The van der Waals surface area contributed by atoms with Gasteiger partial charge in [0.05, 0.1) is 0 Å². The minimum Gasteiger partial charge on any atom is -0.399 e. The predicted molar refractivity (Wildman–Crippen MR) is 88.7 cm³/mol. The molecule has 0 saturated heterocycles. The summed E-state index contributed by atoms with van der Waals surface area (Å²) in [6.07, 6.45) is 0. The van der Waals surface area contributed by atoms with E-state index in [1.165, 1.54) is 5.56 Å². The Morgan fingerprint density at radius 3 is 2.10 bits per heavy atom. The summed E-state index contributed by atoms with van der Waals surface area (Å²) in [5.74, 6) is 0.478. The molecular formula is C18H22N2O. The molecule has 0 heterocycles. The number of rotatable bonds is 4. The van der Waals surface area contributed by atoms with Gasteiger partial charge in [0.1, 0.15) is 0 Å². The van der Waals surface area contributed by atoms with Gasteiger partial charge in [-0.2, -0.15) is 0 Å². The van der Waals surface area contributed by atoms with Gasteiger partial charge < -0.3 is 10.6 Å². The number of hydrogen-bond acceptors (Lipinski definition) is 2. The van der Waals surface area contributed by atoms with Crippen molar-refractivity contribution in [2.75, 3.05) is 17.2 Å². The van der Waals surface area contributed by atoms with Crippen LogP contribution in [-0.2, 0) is 0 Å². The van der Waals surface area contributed by atoms with Crippen LogP contribution in [0.5, 0.6) is 0 Å². The molecule has 0 aromatic heterocycles. The molecule has 2 N–H and O–H groups in total. The van der Waals surface area contributed by atoms with E-state index in [9.17, 15) is 4.79 Å². The zero-order valence-electron chi connectivity index (χ0n) is 12.8. The Balaban J connectivity index is 2.25. The number of hydrogen-bond donors (Lipinski definition) is 1. The highest BCUT2D eigenvalue weighted by molar-refractivity contribution is 6.06. The van der Waals surface area contributed by atoms with Crippen molar-refractivity contribution in [1.29, 1.82) is 0 Å². The summed E-state index contributed by atoms with van der Waals surface area (Å²) in [5, 5.41) is 0. The Bertz CT molecular complexity index is 600. The Morgan fingerprint density at radius 2 is 1.62 bits per heavy atom. The second-order valence-corrected chi connectivity index (χ2v) is 5.42. The minimum atomic E-state index is 0.0116. The number of nitrogens with zero attached hydrogens (tertiary/aromatic N) is 1. The number of nitrogen functional groups attached to an aromatic ring is 1. The van der Waals surface area contributed by atoms with Gasteiger partial charge in [0.2, 0.25) is 0 Å². The number of benzene rings is 2. The fourth-order valence-corrected chi connectivity index (χ4v) is 2.26. The van der Waals surface area contributed by atoms with Crippen molar-refractivity contribution in [3.05, 3.63) is 59.7 Å². The quantitative estimate of drug-likeness (QED) is 0.860. The van der Waals surface area contributed by atoms with Gasteiger partial charge in [-0.1, -0.05) is 26.0 Å². The lowest BCUT2D eigenvalue weighted by atomic mass is 10.0. The Kier molecular flexibility index (Phi) is 4.63. The van der Waals surface area contributed by atoms with Crippen LogP contribution in [-0.4, -0.2) is 12.5 Å². The zero-order valence-corrected chi connectivity index (χ0v) is 12.8. The van der Waals surface area contributed by atoms with Crippen molar-refractivity contribution in [3.63, 3.8) is 0 Å². The predicted octanol–water partition coefficient (Wildman–Crippen LogP) is 4.06. The van der Waals surface area contributed by atoms with E-state index < -0.39 is 0 Å². The van der Waals surface area contributed by atoms with Crippen molar-refractivity contribution in [3.8, 4) is 0 Å². The Morgan fingerprint density at radius 1 is 1.05 bits per heavy atom. The monoisotopic (exact) mass is 282 g/mol. The van der Waals surface area contributed by atoms with E-state index >= 15 is 0 Å². The summed E-state index contributed by atoms with van der Waals surface area (Å²) in [7, 11) is 0. The molecule has 0 aliphatic heterocycles. The maximum absolute atomic E-state index is 12.6. The summed E-state index contributed by atoms with van der Waals surface area (Å²) in [4.78, 5) is 14.4. The van der Waals surface area contributed by atoms with Crippen molar-refractivity contribution >= 4 is 17.3 Å². The summed E-state index contributed by atoms with van der Waals surface area (Å²) in [6.45, 7) is 6.87. The van der Waals surface area contributed by atoms with Crippen LogP contribution in [0, 0.1) is 0 Å². The van der Waals surface area contributed by atoms with Gasteiger partial charge in [0.25, 0.3) is 5.91 Å². The van der Waals surface area contributed by atoms with Crippen molar-refractivity contribution in [2.24, 2.45) is 0 Å². The van der Waals surface area contributed by atoms with Crippen LogP contribution in [0.1, 0.15) is 42.6 Å². The highest BCUT2D eigenvalue weighted by Crippen LogP contribution is 2.20. The number of amides is 1. The van der Waals surface area contributed by atoms with E-state index in [-0.39, 0.29) is 5.91 Å². The van der Waals surface area contributed by atoms with Gasteiger partial charge >= 0.3 is 0 Å². The molecule has 1 amide bonds. The van der Waals surface area contributed by atoms with Gasteiger partial charge in [-0.05, 0) is 54.8 Å². The second kappa shape index (κ2) is 6.44. The highest BCUT2D eigenvalue weighted by Gasteiger charge is 2.16. The van der Waals surface area contributed by atoms with E-state index in [1.807, 2.05) is 55.5 Å². The minimum absolute atomic E-state index is 0.0116. The topological polar surface area (TPSA) is 46.3 Å². The number of carbonyl (C=O) groups is 1. The molecule has 2 aromatic carbocycles. The first kappa shape index (κ1) is 15.1. The molecular weight excluding hydrogens is 260 g/mol. The van der Waals surface area contributed by atoms with Crippen molar-refractivity contribution in [2.45, 2.75) is 26.7 Å². The molecule has 3 nitrogen and oxygen atoms in total. The molecule has 0 saturated carbocycles. The van der Waals surface area contributed by atoms with Crippen LogP contribution in [0.3, 0.4) is 0 Å². The molecule has 0 radical (unpaired) electrons. The zero-order chi connectivity index (χ0) is 15.4. The van der Waals surface area contributed by atoms with Crippen LogP contribution in [0.15, 0.2) is 48.5 Å². The van der Waals surface area contributed by atoms with Crippen LogP contribution >= 0.6 is 0 Å². The van der Waals surface area contributed by atoms with Gasteiger partial charge in [-0.3, -0.25) is 4.79 Å². The molecule has 0 spiro atoms. The van der Waals surface area contributed by atoms with E-state index in [0.29, 0.717) is 23.7 Å².